The quantitative estimate of drug-likeness (QED) is 0.0104. The van der Waals surface area contributed by atoms with Crippen molar-refractivity contribution >= 4 is 98.2 Å². The molecule has 0 aliphatic carbocycles. The van der Waals surface area contributed by atoms with Crippen LogP contribution in [0.4, 0.5) is 57.9 Å². The van der Waals surface area contributed by atoms with Gasteiger partial charge in [0.25, 0.3) is 25.7 Å². The first-order chi connectivity index (χ1) is 42.2. The Kier molecular flexibility index (Phi) is 28.4. The van der Waals surface area contributed by atoms with Gasteiger partial charge >= 0.3 is 55.4 Å². The highest BCUT2D eigenvalue weighted by molar-refractivity contribution is 7.90. The van der Waals surface area contributed by atoms with E-state index < -0.39 is 134 Å². The molecule has 0 saturated carbocycles. The molecule has 31 nitrogen and oxygen atoms in total. The Hall–Kier alpha value is -9.34. The van der Waals surface area contributed by atoms with Gasteiger partial charge in [0.1, 0.15) is 33.8 Å². The van der Waals surface area contributed by atoms with Gasteiger partial charge in [-0.1, -0.05) is 53.5 Å². The number of rotatable bonds is 22. The number of amides is 4. The zero-order valence-corrected chi connectivity index (χ0v) is 50.5. The summed E-state index contributed by atoms with van der Waals surface area (Å²) in [4.78, 5) is 92.5. The average molecular weight is 1400 g/mol. The number of carbonyl (C=O) groups excluding carboxylic acids is 3. The van der Waals surface area contributed by atoms with Crippen LogP contribution in [0, 0.1) is 17.0 Å². The summed E-state index contributed by atoms with van der Waals surface area (Å²) in [5.74, 6) is -5.97. The Morgan fingerprint density at radius 3 is 1.79 bits per heavy atom. The number of nitrogens with two attached hydrogens (primary N) is 1. The highest BCUT2D eigenvalue weighted by Crippen LogP contribution is 2.36. The zero-order valence-electron chi connectivity index (χ0n) is 46.4. The first-order valence-corrected chi connectivity index (χ1v) is 30.2. The highest BCUT2D eigenvalue weighted by Gasteiger charge is 2.30. The van der Waals surface area contributed by atoms with Crippen molar-refractivity contribution < 1.29 is 120 Å². The molecule has 0 spiro atoms. The first kappa shape index (κ1) is 75.9. The van der Waals surface area contributed by atoms with Crippen LogP contribution in [-0.2, 0) is 40.6 Å². The standard InChI is InChI=1S/C15H16F3N5O4S.C14H9Cl2NO5.C14H10F4N4O7S.C5H12NO4P/c1-9-19-12(22-14(20-9)27-2)21-13(24)23-28(25,26)11-6-4-3-5-10(11)7-8-15(16,17)18;1-21-14(18)10-7-9(3-4-12(10)17(19)20)22-13-5-2-8(15)6-11(13)16;15-11(16)28-8-5-9(29-12(17)18)20-13(19-8)21-14(25)22-30(26,27)7-4-2-1-3-6(7)10(23)24;1-11(9,10)3-2-4(6)5(7)8/h3-6H,7-8H2,1-2H3,(H2,19,20,21,22,23,24);2-7H,1H3;1-5,11-12H,(H,23,24)(H2,19,20,21,22,25);4H,2-3,6H2,1H3,(H,7,8)(H,9,10). The van der Waals surface area contributed by atoms with Crippen molar-refractivity contribution in [3.8, 4) is 29.3 Å². The predicted molar refractivity (Wildman–Crippen MR) is 301 cm³/mol. The van der Waals surface area contributed by atoms with E-state index in [1.807, 2.05) is 0 Å². The molecule has 0 aliphatic rings. The molecule has 0 bridgehead atoms. The van der Waals surface area contributed by atoms with Crippen LogP contribution in [0.5, 0.6) is 29.3 Å². The Bertz CT molecular complexity index is 3860. The summed E-state index contributed by atoms with van der Waals surface area (Å²) >= 11 is 11.8. The smallest absolute Gasteiger partial charge is 0.389 e. The summed E-state index contributed by atoms with van der Waals surface area (Å²) in [5, 5.41) is 32.8. The number of urea groups is 2. The predicted octanol–water partition coefficient (Wildman–Crippen LogP) is 8.25. The molecule has 9 N–H and O–H groups in total. The number of alkyl halides is 7. The molecule has 0 aliphatic heterocycles. The van der Waals surface area contributed by atoms with Gasteiger partial charge < -0.3 is 44.5 Å². The number of nitrogens with zero attached hydrogens (tertiary/aromatic N) is 6. The molecule has 4 aromatic carbocycles. The Morgan fingerprint density at radius 1 is 0.758 bits per heavy atom. The molecule has 4 amide bonds. The van der Waals surface area contributed by atoms with E-state index in [9.17, 15) is 86.2 Å². The van der Waals surface area contributed by atoms with Crippen molar-refractivity contribution in [3.63, 3.8) is 0 Å². The SMILES string of the molecule is COC(=O)c1cc(Oc2ccc(Cl)cc2Cl)ccc1[N+](=O)[O-].COc1nc(C)nc(NC(=O)NS(=O)(=O)c2ccccc2CCC(F)(F)F)n1.CP(=O)(O)CCC(N)C(=O)O.O=C(Nc1nc(OC(F)F)cc(OC(F)F)n1)NS(=O)(=O)c1ccccc1C(=O)O. The van der Waals surface area contributed by atoms with Gasteiger partial charge in [-0.25, -0.2) is 45.5 Å². The Labute approximate surface area is 518 Å². The number of halogens is 9. The number of anilines is 2. The van der Waals surface area contributed by atoms with Crippen LogP contribution in [0.25, 0.3) is 0 Å². The first-order valence-electron chi connectivity index (χ1n) is 24.2. The molecule has 2 atom stereocenters. The van der Waals surface area contributed by atoms with Gasteiger partial charge in [-0.2, -0.15) is 55.7 Å². The number of methoxy groups -OCH3 is 2. The molecule has 494 valence electrons. The van der Waals surface area contributed by atoms with Gasteiger partial charge in [0.05, 0.1) is 40.7 Å². The Balaban J connectivity index is 0.000000332. The molecule has 2 unspecified atom stereocenters. The van der Waals surface area contributed by atoms with E-state index >= 15 is 0 Å². The van der Waals surface area contributed by atoms with E-state index in [0.717, 1.165) is 31.4 Å². The van der Waals surface area contributed by atoms with Gasteiger partial charge in [-0.3, -0.25) is 30.1 Å². The molecular formula is C48H47Cl2F7N11O20PS2. The van der Waals surface area contributed by atoms with Crippen LogP contribution in [0.15, 0.2) is 101 Å². The highest BCUT2D eigenvalue weighted by atomic mass is 35.5. The van der Waals surface area contributed by atoms with Gasteiger partial charge in [-0.15, -0.1) is 0 Å². The molecule has 2 aromatic heterocycles. The lowest BCUT2D eigenvalue weighted by Crippen LogP contribution is -2.35. The summed E-state index contributed by atoms with van der Waals surface area (Å²) < 4.78 is 173. The molecule has 0 radical (unpaired) electrons. The zero-order chi connectivity index (χ0) is 68.8. The number of esters is 1. The fourth-order valence-electron chi connectivity index (χ4n) is 6.30. The number of nitro benzene ring substituents is 1. The maximum Gasteiger partial charge on any atom is 0.389 e. The summed E-state index contributed by atoms with van der Waals surface area (Å²) in [5.41, 5.74) is 3.79. The molecule has 6 rings (SSSR count). The molecule has 6 aromatic rings. The molecule has 43 heteroatoms. The van der Waals surface area contributed by atoms with E-state index in [2.05, 4.69) is 44.4 Å². The maximum atomic E-state index is 12.5. The molecule has 0 fully saturated rings. The number of carbonyl (C=O) groups is 5. The van der Waals surface area contributed by atoms with Crippen LogP contribution < -0.4 is 44.8 Å². The number of nitro groups is 1. The lowest BCUT2D eigenvalue weighted by atomic mass is 10.1. The van der Waals surface area contributed by atoms with Crippen molar-refractivity contribution in [2.24, 2.45) is 5.73 Å². The summed E-state index contributed by atoms with van der Waals surface area (Å²) in [6, 6.07) is 14.4. The Morgan fingerprint density at radius 2 is 1.30 bits per heavy atom. The minimum absolute atomic E-state index is 0.0412. The minimum Gasteiger partial charge on any atom is -0.480 e. The van der Waals surface area contributed by atoms with Crippen LogP contribution in [0.2, 0.25) is 10.0 Å². The number of aryl methyl sites for hydroxylation is 2. The fourth-order valence-corrected chi connectivity index (χ4v) is 9.79. The fraction of sp³-hybridized carbons (Fsp3) is 0.250. The lowest BCUT2D eigenvalue weighted by Gasteiger charge is -2.13. The van der Waals surface area contributed by atoms with Crippen LogP contribution in [-0.4, -0.2) is 144 Å². The van der Waals surface area contributed by atoms with E-state index in [4.69, 9.17) is 53.5 Å². The summed E-state index contributed by atoms with van der Waals surface area (Å²) in [6.45, 7) is -4.13. The number of carboxylic acids is 2. The number of aromatic carboxylic acids is 1. The van der Waals surface area contributed by atoms with Crippen LogP contribution >= 0.6 is 30.6 Å². The number of carboxylic acid groups (broad SMARTS) is 2. The number of ether oxygens (including phenoxy) is 5. The second kappa shape index (κ2) is 34.0. The number of benzene rings is 4. The molecule has 0 saturated heterocycles. The number of aliphatic carboxylic acids is 1. The minimum atomic E-state index is -4.71. The number of aromatic nitrogens is 5. The number of sulfonamides is 2. The van der Waals surface area contributed by atoms with Gasteiger partial charge in [0, 0.05) is 36.4 Å². The summed E-state index contributed by atoms with van der Waals surface area (Å²) in [6.07, 6.45) is -6.20. The number of hydrogen-bond donors (Lipinski definition) is 8. The summed E-state index contributed by atoms with van der Waals surface area (Å²) in [7, 11) is -9.83. The third-order valence-electron chi connectivity index (χ3n) is 10.1. The second-order valence-corrected chi connectivity index (χ2v) is 23.8. The lowest BCUT2D eigenvalue weighted by molar-refractivity contribution is -0.385. The molecule has 91 heavy (non-hydrogen) atoms. The topological polar surface area (TPSA) is 459 Å². The van der Waals surface area contributed by atoms with Crippen molar-refractivity contribution in [2.75, 3.05) is 37.7 Å². The van der Waals surface area contributed by atoms with Gasteiger partial charge in [-0.05, 0) is 67.8 Å². The monoisotopic (exact) mass is 1400 g/mol. The second-order valence-electron chi connectivity index (χ2n) is 17.1. The van der Waals surface area contributed by atoms with E-state index in [-0.39, 0.29) is 58.0 Å². The van der Waals surface area contributed by atoms with Gasteiger partial charge in [0.15, 0.2) is 7.37 Å². The largest absolute Gasteiger partial charge is 0.480 e. The van der Waals surface area contributed by atoms with Crippen LogP contribution in [0.3, 0.4) is 0 Å². The van der Waals surface area contributed by atoms with Crippen molar-refractivity contribution in [2.45, 2.75) is 61.4 Å². The van der Waals surface area contributed by atoms with Crippen molar-refractivity contribution in [1.82, 2.24) is 34.4 Å². The van der Waals surface area contributed by atoms with E-state index in [0.29, 0.717) is 16.8 Å². The van der Waals surface area contributed by atoms with Crippen LogP contribution in [0.1, 0.15) is 44.9 Å². The number of nitrogens with one attached hydrogen (secondary N) is 4. The normalized spacial score (nSPS) is 12.1. The molecular weight excluding hydrogens is 1350 g/mol. The number of hydrogen-bond acceptors (Lipinski definition) is 23. The van der Waals surface area contributed by atoms with Gasteiger partial charge in [0.2, 0.25) is 23.7 Å². The third-order valence-corrected chi connectivity index (χ3v) is 14.6. The van der Waals surface area contributed by atoms with Crippen molar-refractivity contribution in [1.29, 1.82) is 0 Å². The maximum absolute atomic E-state index is 12.5. The van der Waals surface area contributed by atoms with Crippen molar-refractivity contribution in [3.05, 3.63) is 134 Å². The average Bonchev–Trinajstić information content (AvgIpc) is 1.09. The van der Waals surface area contributed by atoms with E-state index in [1.54, 1.807) is 22.2 Å². The third kappa shape index (κ3) is 26.7. The molecule has 2 heterocycles. The van der Waals surface area contributed by atoms with E-state index in [1.165, 1.54) is 74.0 Å².